The molecule has 0 aliphatic carbocycles. The molecular weight excluding hydrogens is 474 g/mol. The number of nitrogens with zero attached hydrogens (tertiary/aromatic N) is 2. The summed E-state index contributed by atoms with van der Waals surface area (Å²) >= 11 is 5.91. The van der Waals surface area contributed by atoms with Gasteiger partial charge in [-0.05, 0) is 50.2 Å². The number of fused-ring (bicyclic) bond motifs is 2. The molecule has 2 aliphatic heterocycles. The number of ether oxygens (including phenoxy) is 1. The van der Waals surface area contributed by atoms with E-state index in [1.54, 1.807) is 0 Å². The maximum Gasteiger partial charge on any atom is 0.234 e. The lowest BCUT2D eigenvalue weighted by Gasteiger charge is -2.38. The Morgan fingerprint density at radius 1 is 0.889 bits per heavy atom. The Morgan fingerprint density at radius 2 is 1.44 bits per heavy atom. The van der Waals surface area contributed by atoms with Gasteiger partial charge in [-0.25, -0.2) is 0 Å². The Morgan fingerprint density at radius 3 is 2.00 bits per heavy atom. The molecule has 3 aromatic carbocycles. The number of hydrogen-bond donors (Lipinski definition) is 1. The van der Waals surface area contributed by atoms with E-state index in [1.807, 2.05) is 91.5 Å². The monoisotopic (exact) mass is 503 g/mol. The van der Waals surface area contributed by atoms with Gasteiger partial charge in [0.2, 0.25) is 11.8 Å². The molecule has 2 aliphatic rings. The minimum Gasteiger partial charge on any atom is -0.457 e. The van der Waals surface area contributed by atoms with Crippen molar-refractivity contribution in [2.24, 2.45) is 5.41 Å². The fraction of sp³-hybridized carbons (Fsp3) is 0.310. The van der Waals surface area contributed by atoms with Crippen molar-refractivity contribution in [1.82, 2.24) is 4.90 Å². The van der Waals surface area contributed by atoms with E-state index >= 15 is 0 Å². The highest BCUT2D eigenvalue weighted by molar-refractivity contribution is 6.20. The molecule has 0 radical (unpaired) electrons. The summed E-state index contributed by atoms with van der Waals surface area (Å²) in [6, 6.07) is 23.4. The number of nitrogens with one attached hydrogen (secondary N) is 1. The molecule has 6 nitrogen and oxygen atoms in total. The number of para-hydroxylation sites is 2. The van der Waals surface area contributed by atoms with Crippen LogP contribution in [0.5, 0.6) is 11.5 Å². The third-order valence-corrected chi connectivity index (χ3v) is 7.63. The van der Waals surface area contributed by atoms with Gasteiger partial charge in [-0.1, -0.05) is 36.4 Å². The molecule has 1 fully saturated rings. The van der Waals surface area contributed by atoms with Crippen molar-refractivity contribution in [3.05, 3.63) is 83.9 Å². The Hall–Kier alpha value is -3.51. The van der Waals surface area contributed by atoms with E-state index in [9.17, 15) is 9.59 Å². The number of halogens is 1. The van der Waals surface area contributed by atoms with Crippen molar-refractivity contribution < 1.29 is 14.3 Å². The zero-order valence-corrected chi connectivity index (χ0v) is 21.3. The van der Waals surface area contributed by atoms with Crippen molar-refractivity contribution in [3.8, 4) is 11.5 Å². The number of hydrogen-bond acceptors (Lipinski definition) is 4. The highest BCUT2D eigenvalue weighted by atomic mass is 35.5. The number of benzene rings is 3. The van der Waals surface area contributed by atoms with Gasteiger partial charge in [-0.2, -0.15) is 0 Å². The summed E-state index contributed by atoms with van der Waals surface area (Å²) in [5.41, 5.74) is 3.01. The minimum atomic E-state index is -0.630. The van der Waals surface area contributed by atoms with Crippen LogP contribution >= 0.6 is 11.6 Å². The summed E-state index contributed by atoms with van der Waals surface area (Å²) in [6.45, 7) is 6.41. The van der Waals surface area contributed by atoms with E-state index in [0.717, 1.165) is 47.1 Å². The molecule has 5 rings (SSSR count). The second kappa shape index (κ2) is 9.86. The second-order valence-electron chi connectivity index (χ2n) is 9.94. The zero-order chi connectivity index (χ0) is 25.3. The van der Waals surface area contributed by atoms with Gasteiger partial charge in [0.15, 0.2) is 0 Å². The van der Waals surface area contributed by atoms with Gasteiger partial charge in [0.05, 0.1) is 11.3 Å². The van der Waals surface area contributed by atoms with E-state index in [2.05, 4.69) is 10.2 Å². The van der Waals surface area contributed by atoms with Crippen LogP contribution in [0.1, 0.15) is 30.9 Å². The molecule has 1 saturated heterocycles. The molecule has 1 N–H and O–H groups in total. The predicted molar refractivity (Wildman–Crippen MR) is 143 cm³/mol. The fourth-order valence-corrected chi connectivity index (χ4v) is 4.78. The number of piperazine rings is 1. The van der Waals surface area contributed by atoms with E-state index in [-0.39, 0.29) is 23.6 Å². The Bertz CT molecular complexity index is 1220. The first-order valence-corrected chi connectivity index (χ1v) is 12.8. The smallest absolute Gasteiger partial charge is 0.234 e. The third-order valence-electron chi connectivity index (χ3n) is 6.96. The van der Waals surface area contributed by atoms with Gasteiger partial charge in [0.1, 0.15) is 11.5 Å². The van der Waals surface area contributed by atoms with Crippen LogP contribution in [0.3, 0.4) is 0 Å². The summed E-state index contributed by atoms with van der Waals surface area (Å²) in [5.74, 6) is 1.39. The maximum absolute atomic E-state index is 13.8. The van der Waals surface area contributed by atoms with Crippen molar-refractivity contribution >= 4 is 34.8 Å². The Labute approximate surface area is 216 Å². The summed E-state index contributed by atoms with van der Waals surface area (Å²) in [4.78, 5) is 30.4. The topological polar surface area (TPSA) is 61.9 Å². The lowest BCUT2D eigenvalue weighted by atomic mass is 9.86. The first-order chi connectivity index (χ1) is 17.4. The second-order valence-corrected chi connectivity index (χ2v) is 10.2. The molecule has 0 bridgehead atoms. The molecule has 0 atom stereocenters. The number of anilines is 2. The number of amides is 2. The van der Waals surface area contributed by atoms with Gasteiger partial charge in [-0.15, -0.1) is 11.6 Å². The molecule has 3 aromatic rings. The predicted octanol–water partition coefficient (Wildman–Crippen LogP) is 5.48. The van der Waals surface area contributed by atoms with E-state index in [1.165, 1.54) is 0 Å². The first kappa shape index (κ1) is 24.2. The summed E-state index contributed by atoms with van der Waals surface area (Å²) in [6.07, 6.45) is 0. The third kappa shape index (κ3) is 4.65. The highest BCUT2D eigenvalue weighted by Gasteiger charge is 2.36. The van der Waals surface area contributed by atoms with Crippen LogP contribution in [-0.2, 0) is 9.59 Å². The Kier molecular flexibility index (Phi) is 6.63. The van der Waals surface area contributed by atoms with Crippen LogP contribution in [0.2, 0.25) is 0 Å². The molecule has 36 heavy (non-hydrogen) atoms. The highest BCUT2D eigenvalue weighted by Crippen LogP contribution is 2.44. The number of rotatable bonds is 5. The summed E-state index contributed by atoms with van der Waals surface area (Å²) in [5, 5.41) is 2.93. The van der Waals surface area contributed by atoms with Crippen molar-refractivity contribution in [3.63, 3.8) is 0 Å². The van der Waals surface area contributed by atoms with Crippen molar-refractivity contribution in [2.75, 3.05) is 42.3 Å². The summed E-state index contributed by atoms with van der Waals surface area (Å²) < 4.78 is 6.07. The normalized spacial score (nSPS) is 15.5. The van der Waals surface area contributed by atoms with Gasteiger partial charge >= 0.3 is 0 Å². The SMILES string of the molecule is CC(C)(CCl)C(=O)Nc1ccc(N2CCN(C(=O)C3c4ccccc4Oc4ccccc43)CC2)cc1. The Balaban J connectivity index is 1.26. The van der Waals surface area contributed by atoms with E-state index < -0.39 is 5.41 Å². The molecule has 2 amide bonds. The molecule has 0 saturated carbocycles. The van der Waals surface area contributed by atoms with E-state index in [0.29, 0.717) is 13.1 Å². The van der Waals surface area contributed by atoms with Crippen LogP contribution in [0.4, 0.5) is 11.4 Å². The first-order valence-electron chi connectivity index (χ1n) is 12.2. The number of carbonyl (C=O) groups is 2. The average Bonchev–Trinajstić information content (AvgIpc) is 2.91. The molecule has 0 unspecified atom stereocenters. The molecular formula is C29H30ClN3O3. The quantitative estimate of drug-likeness (QED) is 0.468. The van der Waals surface area contributed by atoms with Gasteiger partial charge in [0, 0.05) is 54.6 Å². The fourth-order valence-electron chi connectivity index (χ4n) is 4.66. The van der Waals surface area contributed by atoms with Gasteiger partial charge < -0.3 is 19.9 Å². The number of alkyl halides is 1. The van der Waals surface area contributed by atoms with Crippen LogP contribution < -0.4 is 15.0 Å². The van der Waals surface area contributed by atoms with Crippen molar-refractivity contribution in [1.29, 1.82) is 0 Å². The van der Waals surface area contributed by atoms with Crippen LogP contribution in [0.25, 0.3) is 0 Å². The molecule has 186 valence electrons. The maximum atomic E-state index is 13.8. The molecule has 0 spiro atoms. The minimum absolute atomic E-state index is 0.103. The molecule has 0 aromatic heterocycles. The standard InChI is InChI=1S/C29H30ClN3O3/c1-29(2,19-30)28(35)31-20-11-13-21(14-12-20)32-15-17-33(18-16-32)27(34)26-22-7-3-5-9-24(22)36-25-10-6-4-8-23(25)26/h3-14,26H,15-19H2,1-2H3,(H,31,35). The van der Waals surface area contributed by atoms with Crippen molar-refractivity contribution in [2.45, 2.75) is 19.8 Å². The van der Waals surface area contributed by atoms with Gasteiger partial charge in [0.25, 0.3) is 0 Å². The lowest BCUT2D eigenvalue weighted by Crippen LogP contribution is -2.50. The lowest BCUT2D eigenvalue weighted by molar-refractivity contribution is -0.132. The van der Waals surface area contributed by atoms with Gasteiger partial charge in [-0.3, -0.25) is 9.59 Å². The molecule has 7 heteroatoms. The molecule has 2 heterocycles. The average molecular weight is 504 g/mol. The number of carbonyl (C=O) groups excluding carboxylic acids is 2. The van der Waals surface area contributed by atoms with Crippen LogP contribution in [-0.4, -0.2) is 48.8 Å². The largest absolute Gasteiger partial charge is 0.457 e. The van der Waals surface area contributed by atoms with Crippen LogP contribution in [0.15, 0.2) is 72.8 Å². The van der Waals surface area contributed by atoms with Crippen LogP contribution in [0, 0.1) is 5.41 Å². The van der Waals surface area contributed by atoms with E-state index in [4.69, 9.17) is 16.3 Å². The zero-order valence-electron chi connectivity index (χ0n) is 20.5. The summed E-state index contributed by atoms with van der Waals surface area (Å²) in [7, 11) is 0.